The van der Waals surface area contributed by atoms with E-state index in [1.165, 1.54) is 0 Å². The molecule has 1 N–H and O–H groups in total. The molecule has 1 saturated heterocycles. The fourth-order valence-electron chi connectivity index (χ4n) is 3.78. The number of benzene rings is 2. The number of aromatic nitrogens is 2. The Kier molecular flexibility index (Phi) is 5.50. The summed E-state index contributed by atoms with van der Waals surface area (Å²) in [5.74, 6) is 0.472. The summed E-state index contributed by atoms with van der Waals surface area (Å²) >= 11 is 0. The zero-order chi connectivity index (χ0) is 21.1. The normalized spacial score (nSPS) is 15.7. The predicted octanol–water partition coefficient (Wildman–Crippen LogP) is 2.82. The number of nitriles is 1. The van der Waals surface area contributed by atoms with Crippen LogP contribution in [0.2, 0.25) is 0 Å². The smallest absolute Gasteiger partial charge is 0.253 e. The predicted molar refractivity (Wildman–Crippen MR) is 115 cm³/mol. The van der Waals surface area contributed by atoms with Crippen molar-refractivity contribution in [3.05, 3.63) is 71.7 Å². The number of aliphatic hydroxyl groups excluding tert-OH is 1. The van der Waals surface area contributed by atoms with Crippen LogP contribution in [0, 0.1) is 11.3 Å². The zero-order valence-corrected chi connectivity index (χ0v) is 16.8. The summed E-state index contributed by atoms with van der Waals surface area (Å²) in [5, 5.41) is 20.4. The molecular weight excluding hydrogens is 378 g/mol. The summed E-state index contributed by atoms with van der Waals surface area (Å²) in [6, 6.07) is 19.0. The number of fused-ring (bicyclic) bond motifs is 1. The minimum atomic E-state index is -0.00116. The minimum absolute atomic E-state index is 0.00116. The Morgan fingerprint density at radius 3 is 2.40 bits per heavy atom. The van der Waals surface area contributed by atoms with Crippen molar-refractivity contribution in [2.75, 3.05) is 32.7 Å². The fourth-order valence-corrected chi connectivity index (χ4v) is 3.78. The van der Waals surface area contributed by atoms with E-state index in [-0.39, 0.29) is 23.8 Å². The van der Waals surface area contributed by atoms with Crippen molar-refractivity contribution in [2.24, 2.45) is 7.05 Å². The second-order valence-corrected chi connectivity index (χ2v) is 7.35. The molecule has 7 nitrogen and oxygen atoms in total. The van der Waals surface area contributed by atoms with Crippen LogP contribution in [0.3, 0.4) is 0 Å². The number of hydrogen-bond donors (Lipinski definition) is 1. The van der Waals surface area contributed by atoms with Gasteiger partial charge in [0.1, 0.15) is 17.4 Å². The first-order valence-electron chi connectivity index (χ1n) is 9.89. The number of nitrogens with zero attached hydrogens (tertiary/aromatic N) is 5. The number of aliphatic hydroxyl groups is 1. The van der Waals surface area contributed by atoms with Crippen molar-refractivity contribution in [3.63, 3.8) is 0 Å². The van der Waals surface area contributed by atoms with Gasteiger partial charge in [-0.05, 0) is 24.3 Å². The molecule has 1 fully saturated rings. The van der Waals surface area contributed by atoms with Crippen molar-refractivity contribution < 1.29 is 9.90 Å². The Bertz CT molecular complexity index is 1140. The van der Waals surface area contributed by atoms with Gasteiger partial charge in [-0.15, -0.1) is 0 Å². The first kappa shape index (κ1) is 19.7. The molecular formula is C23H23N5O2. The molecule has 0 bridgehead atoms. The number of amides is 1. The number of hydrogen-bond acceptors (Lipinski definition) is 5. The van der Waals surface area contributed by atoms with Gasteiger partial charge in [0.2, 0.25) is 0 Å². The van der Waals surface area contributed by atoms with Gasteiger partial charge in [0.05, 0.1) is 17.6 Å². The summed E-state index contributed by atoms with van der Waals surface area (Å²) in [4.78, 5) is 21.0. The summed E-state index contributed by atoms with van der Waals surface area (Å²) in [5.41, 5.74) is 2.54. The van der Waals surface area contributed by atoms with Crippen LogP contribution in [0.5, 0.6) is 0 Å². The standard InChI is InChI=1S/C23H23N5O2/c1-26-20-10-6-5-9-19(20)25-22(26)18(15-24)21(29)16-27-11-13-28(14-12-27)23(30)17-7-3-2-4-8-17/h2-10,29H,11-14,16H2,1H3/b21-18-. The number of carbonyl (C=O) groups excluding carboxylic acids is 1. The van der Waals surface area contributed by atoms with Crippen molar-refractivity contribution in [1.29, 1.82) is 5.26 Å². The van der Waals surface area contributed by atoms with E-state index in [4.69, 9.17) is 0 Å². The average molecular weight is 401 g/mol. The molecule has 0 radical (unpaired) electrons. The molecule has 4 rings (SSSR count). The highest BCUT2D eigenvalue weighted by molar-refractivity contribution is 5.94. The van der Waals surface area contributed by atoms with Crippen LogP contribution in [0.1, 0.15) is 16.2 Å². The number of carbonyl (C=O) groups is 1. The van der Waals surface area contributed by atoms with Crippen LogP contribution in [-0.2, 0) is 7.05 Å². The number of allylic oxidation sites excluding steroid dienone is 1. The zero-order valence-electron chi connectivity index (χ0n) is 16.8. The Hall–Kier alpha value is -3.63. The Balaban J connectivity index is 1.46. The van der Waals surface area contributed by atoms with Gasteiger partial charge in [-0.25, -0.2) is 4.98 Å². The van der Waals surface area contributed by atoms with E-state index in [9.17, 15) is 15.2 Å². The quantitative estimate of drug-likeness (QED) is 0.537. The lowest BCUT2D eigenvalue weighted by Crippen LogP contribution is -2.49. The molecule has 0 aliphatic carbocycles. The van der Waals surface area contributed by atoms with Gasteiger partial charge in [0, 0.05) is 38.8 Å². The molecule has 1 aromatic heterocycles. The lowest BCUT2D eigenvalue weighted by atomic mass is 10.1. The maximum atomic E-state index is 12.6. The number of rotatable bonds is 4. The van der Waals surface area contributed by atoms with E-state index >= 15 is 0 Å². The van der Waals surface area contributed by atoms with Crippen molar-refractivity contribution in [1.82, 2.24) is 19.4 Å². The number of aryl methyl sites for hydroxylation is 1. The van der Waals surface area contributed by atoms with Crippen molar-refractivity contribution in [2.45, 2.75) is 0 Å². The van der Waals surface area contributed by atoms with Gasteiger partial charge in [-0.3, -0.25) is 9.69 Å². The molecule has 0 atom stereocenters. The topological polar surface area (TPSA) is 85.4 Å². The monoisotopic (exact) mass is 401 g/mol. The number of para-hydroxylation sites is 2. The number of imidazole rings is 1. The maximum absolute atomic E-state index is 12.6. The molecule has 152 valence electrons. The highest BCUT2D eigenvalue weighted by Crippen LogP contribution is 2.22. The summed E-state index contributed by atoms with van der Waals surface area (Å²) in [7, 11) is 1.84. The first-order chi connectivity index (χ1) is 14.6. The van der Waals surface area contributed by atoms with Gasteiger partial charge in [0.25, 0.3) is 5.91 Å². The van der Waals surface area contributed by atoms with E-state index < -0.39 is 0 Å². The summed E-state index contributed by atoms with van der Waals surface area (Å²) in [6.45, 7) is 2.66. The average Bonchev–Trinajstić information content (AvgIpc) is 3.11. The van der Waals surface area contributed by atoms with E-state index in [0.717, 1.165) is 11.0 Å². The molecule has 1 amide bonds. The molecule has 0 unspecified atom stereocenters. The highest BCUT2D eigenvalue weighted by atomic mass is 16.3. The van der Waals surface area contributed by atoms with Crippen LogP contribution in [-0.4, -0.2) is 63.1 Å². The van der Waals surface area contributed by atoms with Crippen LogP contribution >= 0.6 is 0 Å². The Morgan fingerprint density at radius 1 is 1.07 bits per heavy atom. The van der Waals surface area contributed by atoms with Crippen molar-refractivity contribution in [3.8, 4) is 6.07 Å². The van der Waals surface area contributed by atoms with Gasteiger partial charge < -0.3 is 14.6 Å². The molecule has 30 heavy (non-hydrogen) atoms. The molecule has 3 aromatic rings. The fraction of sp³-hybridized carbons (Fsp3) is 0.261. The molecule has 1 aliphatic rings. The van der Waals surface area contributed by atoms with Crippen LogP contribution in [0.4, 0.5) is 0 Å². The summed E-state index contributed by atoms with van der Waals surface area (Å²) < 4.78 is 1.82. The molecule has 0 saturated carbocycles. The van der Waals surface area contributed by atoms with Crippen LogP contribution < -0.4 is 0 Å². The van der Waals surface area contributed by atoms with Gasteiger partial charge in [-0.2, -0.15) is 5.26 Å². The second-order valence-electron chi connectivity index (χ2n) is 7.35. The van der Waals surface area contributed by atoms with E-state index in [2.05, 4.69) is 11.1 Å². The molecule has 7 heteroatoms. The molecule has 0 spiro atoms. The largest absolute Gasteiger partial charge is 0.509 e. The lowest BCUT2D eigenvalue weighted by Gasteiger charge is -2.34. The van der Waals surface area contributed by atoms with Gasteiger partial charge in [-0.1, -0.05) is 30.3 Å². The molecule has 1 aliphatic heterocycles. The highest BCUT2D eigenvalue weighted by Gasteiger charge is 2.24. The Labute approximate surface area is 175 Å². The van der Waals surface area contributed by atoms with Crippen LogP contribution in [0.15, 0.2) is 60.4 Å². The minimum Gasteiger partial charge on any atom is -0.509 e. The second kappa shape index (κ2) is 8.39. The van der Waals surface area contributed by atoms with Crippen molar-refractivity contribution >= 4 is 22.5 Å². The van der Waals surface area contributed by atoms with Crippen LogP contribution in [0.25, 0.3) is 16.6 Å². The van der Waals surface area contributed by atoms with E-state index in [0.29, 0.717) is 37.6 Å². The third-order valence-corrected chi connectivity index (χ3v) is 5.46. The molecule has 2 heterocycles. The van der Waals surface area contributed by atoms with E-state index in [1.54, 1.807) is 0 Å². The SMILES string of the molecule is Cn1c(/C(C#N)=C(\O)CN2CCN(C(=O)c3ccccc3)CC2)nc2ccccc21. The third-order valence-electron chi connectivity index (χ3n) is 5.46. The third kappa shape index (κ3) is 3.78. The van der Waals surface area contributed by atoms with Gasteiger partial charge in [0.15, 0.2) is 5.82 Å². The first-order valence-corrected chi connectivity index (χ1v) is 9.89. The maximum Gasteiger partial charge on any atom is 0.253 e. The van der Waals surface area contributed by atoms with Gasteiger partial charge >= 0.3 is 0 Å². The molecule has 2 aromatic carbocycles. The van der Waals surface area contributed by atoms with E-state index in [1.807, 2.05) is 76.0 Å². The Morgan fingerprint density at radius 2 is 1.73 bits per heavy atom. The number of piperazine rings is 1. The summed E-state index contributed by atoms with van der Waals surface area (Å²) in [6.07, 6.45) is 0. The lowest BCUT2D eigenvalue weighted by molar-refractivity contribution is 0.0637.